The summed E-state index contributed by atoms with van der Waals surface area (Å²) in [7, 11) is 0. The lowest BCUT2D eigenvalue weighted by Crippen LogP contribution is -2.23. The van der Waals surface area contributed by atoms with Gasteiger partial charge in [0.05, 0.1) is 11.4 Å². The first-order valence-corrected chi connectivity index (χ1v) is 8.77. The third-order valence-electron chi connectivity index (χ3n) is 4.24. The molecule has 26 heavy (non-hydrogen) atoms. The Morgan fingerprint density at radius 3 is 2.00 bits per heavy atom. The number of rotatable bonds is 6. The molecule has 0 unspecified atom stereocenters. The van der Waals surface area contributed by atoms with Crippen LogP contribution in [-0.2, 0) is 19.6 Å². The summed E-state index contributed by atoms with van der Waals surface area (Å²) in [5.41, 5.74) is 3.27. The minimum absolute atomic E-state index is 0.599. The van der Waals surface area contributed by atoms with Gasteiger partial charge in [0, 0.05) is 32.0 Å². The van der Waals surface area contributed by atoms with E-state index in [4.69, 9.17) is 9.47 Å². The number of ether oxygens (including phenoxy) is 2. The molecule has 1 aliphatic heterocycles. The summed E-state index contributed by atoms with van der Waals surface area (Å²) in [6, 6.07) is 18.2. The molecule has 5 heteroatoms. The van der Waals surface area contributed by atoms with Crippen molar-refractivity contribution in [3.8, 4) is 11.5 Å². The number of fused-ring (bicyclic) bond motifs is 1. The van der Waals surface area contributed by atoms with Crippen LogP contribution < -0.4 is 9.47 Å². The van der Waals surface area contributed by atoms with E-state index in [0.717, 1.165) is 42.5 Å². The molecule has 1 aliphatic rings. The van der Waals surface area contributed by atoms with Crippen LogP contribution in [0.25, 0.3) is 0 Å². The van der Waals surface area contributed by atoms with Gasteiger partial charge < -0.3 is 9.47 Å². The molecule has 132 valence electrons. The topological polar surface area (TPSA) is 47.5 Å². The number of aromatic nitrogens is 2. The highest BCUT2D eigenvalue weighted by Gasteiger charge is 2.14. The van der Waals surface area contributed by atoms with Crippen molar-refractivity contribution >= 4 is 0 Å². The quantitative estimate of drug-likeness (QED) is 0.683. The van der Waals surface area contributed by atoms with E-state index in [1.807, 2.05) is 42.7 Å². The van der Waals surface area contributed by atoms with Gasteiger partial charge in [-0.05, 0) is 42.0 Å². The molecule has 0 radical (unpaired) electrons. The van der Waals surface area contributed by atoms with Crippen LogP contribution in [0.15, 0.2) is 67.0 Å². The molecule has 2 aromatic heterocycles. The van der Waals surface area contributed by atoms with Crippen molar-refractivity contribution in [1.29, 1.82) is 0 Å². The average Bonchev–Trinajstić information content (AvgIpc) is 2.69. The van der Waals surface area contributed by atoms with E-state index in [-0.39, 0.29) is 0 Å². The summed E-state index contributed by atoms with van der Waals surface area (Å²) in [6.45, 7) is 3.50. The zero-order valence-electron chi connectivity index (χ0n) is 14.5. The molecule has 3 aromatic rings. The maximum atomic E-state index is 5.71. The highest BCUT2D eigenvalue weighted by Crippen LogP contribution is 2.31. The Morgan fingerprint density at radius 2 is 1.38 bits per heavy atom. The summed E-state index contributed by atoms with van der Waals surface area (Å²) in [5, 5.41) is 0. The molecular weight excluding hydrogens is 326 g/mol. The van der Waals surface area contributed by atoms with Gasteiger partial charge in [-0.15, -0.1) is 0 Å². The SMILES string of the molecule is c1ccc(CN(Cc2ccc3c(c2)OCCO3)Cc2ccccn2)nc1. The molecule has 0 aliphatic carbocycles. The van der Waals surface area contributed by atoms with Gasteiger partial charge >= 0.3 is 0 Å². The first kappa shape index (κ1) is 16.5. The molecule has 1 aromatic carbocycles. The van der Waals surface area contributed by atoms with Crippen molar-refractivity contribution in [2.45, 2.75) is 19.6 Å². The second-order valence-corrected chi connectivity index (χ2v) is 6.27. The summed E-state index contributed by atoms with van der Waals surface area (Å²) >= 11 is 0. The first-order valence-electron chi connectivity index (χ1n) is 8.77. The molecule has 0 bridgehead atoms. The minimum atomic E-state index is 0.599. The molecule has 5 nitrogen and oxygen atoms in total. The molecule has 0 atom stereocenters. The van der Waals surface area contributed by atoms with Crippen molar-refractivity contribution in [2.75, 3.05) is 13.2 Å². The van der Waals surface area contributed by atoms with E-state index >= 15 is 0 Å². The fourth-order valence-corrected chi connectivity index (χ4v) is 3.05. The summed E-state index contributed by atoms with van der Waals surface area (Å²) in [5.74, 6) is 1.64. The lowest BCUT2D eigenvalue weighted by atomic mass is 10.1. The van der Waals surface area contributed by atoms with Crippen molar-refractivity contribution in [3.63, 3.8) is 0 Å². The molecule has 3 heterocycles. The Bertz CT molecular complexity index is 799. The molecule has 4 rings (SSSR count). The normalized spacial score (nSPS) is 13.0. The van der Waals surface area contributed by atoms with E-state index in [9.17, 15) is 0 Å². The number of pyridine rings is 2. The standard InChI is InChI=1S/C21H21N3O2/c1-3-9-22-18(5-1)15-24(16-19-6-2-4-10-23-19)14-17-7-8-20-21(13-17)26-12-11-25-20/h1-10,13H,11-12,14-16H2. The van der Waals surface area contributed by atoms with E-state index in [1.165, 1.54) is 5.56 Å². The Kier molecular flexibility index (Phi) is 5.07. The van der Waals surface area contributed by atoms with Crippen LogP contribution >= 0.6 is 0 Å². The van der Waals surface area contributed by atoms with Crippen LogP contribution in [0.3, 0.4) is 0 Å². The lowest BCUT2D eigenvalue weighted by molar-refractivity contribution is 0.170. The molecule has 0 amide bonds. The van der Waals surface area contributed by atoms with Gasteiger partial charge in [0.25, 0.3) is 0 Å². The molecule has 0 fully saturated rings. The van der Waals surface area contributed by atoms with Crippen LogP contribution in [-0.4, -0.2) is 28.1 Å². The Hall–Kier alpha value is -2.92. The number of hydrogen-bond donors (Lipinski definition) is 0. The first-order chi connectivity index (χ1) is 12.9. The monoisotopic (exact) mass is 347 g/mol. The molecule has 0 saturated carbocycles. The average molecular weight is 347 g/mol. The Labute approximate surface area is 153 Å². The summed E-state index contributed by atoms with van der Waals surface area (Å²) in [4.78, 5) is 11.3. The van der Waals surface area contributed by atoms with Gasteiger partial charge in [0.15, 0.2) is 11.5 Å². The van der Waals surface area contributed by atoms with Crippen LogP contribution in [0.5, 0.6) is 11.5 Å². The molecule has 0 spiro atoms. The fraction of sp³-hybridized carbons (Fsp3) is 0.238. The van der Waals surface area contributed by atoms with E-state index in [1.54, 1.807) is 0 Å². The zero-order valence-corrected chi connectivity index (χ0v) is 14.5. The predicted octanol–water partition coefficient (Wildman–Crippen LogP) is 3.45. The number of benzene rings is 1. The zero-order chi connectivity index (χ0) is 17.6. The van der Waals surface area contributed by atoms with Gasteiger partial charge in [-0.25, -0.2) is 0 Å². The summed E-state index contributed by atoms with van der Waals surface area (Å²) < 4.78 is 11.3. The molecule has 0 N–H and O–H groups in total. The maximum Gasteiger partial charge on any atom is 0.161 e. The van der Waals surface area contributed by atoms with Crippen LogP contribution in [0.2, 0.25) is 0 Å². The minimum Gasteiger partial charge on any atom is -0.486 e. The Balaban J connectivity index is 1.54. The van der Waals surface area contributed by atoms with Crippen molar-refractivity contribution in [3.05, 3.63) is 83.9 Å². The fourth-order valence-electron chi connectivity index (χ4n) is 3.05. The summed E-state index contributed by atoms with van der Waals surface area (Å²) in [6.07, 6.45) is 3.66. The molecule has 0 saturated heterocycles. The second kappa shape index (κ2) is 7.97. The van der Waals surface area contributed by atoms with E-state index in [2.05, 4.69) is 39.1 Å². The smallest absolute Gasteiger partial charge is 0.161 e. The van der Waals surface area contributed by atoms with E-state index < -0.39 is 0 Å². The largest absolute Gasteiger partial charge is 0.486 e. The van der Waals surface area contributed by atoms with Gasteiger partial charge in [-0.2, -0.15) is 0 Å². The highest BCUT2D eigenvalue weighted by molar-refractivity contribution is 5.43. The van der Waals surface area contributed by atoms with Crippen LogP contribution in [0, 0.1) is 0 Å². The highest BCUT2D eigenvalue weighted by atomic mass is 16.6. The van der Waals surface area contributed by atoms with Crippen LogP contribution in [0.1, 0.15) is 17.0 Å². The number of nitrogens with zero attached hydrogens (tertiary/aromatic N) is 3. The van der Waals surface area contributed by atoms with Gasteiger partial charge in [-0.1, -0.05) is 18.2 Å². The second-order valence-electron chi connectivity index (χ2n) is 6.27. The van der Waals surface area contributed by atoms with Gasteiger partial charge in [0.2, 0.25) is 0 Å². The number of hydrogen-bond acceptors (Lipinski definition) is 5. The van der Waals surface area contributed by atoms with Gasteiger partial charge in [0.1, 0.15) is 13.2 Å². The van der Waals surface area contributed by atoms with Crippen molar-refractivity contribution in [2.24, 2.45) is 0 Å². The van der Waals surface area contributed by atoms with Gasteiger partial charge in [-0.3, -0.25) is 14.9 Å². The maximum absolute atomic E-state index is 5.71. The lowest BCUT2D eigenvalue weighted by Gasteiger charge is -2.23. The third-order valence-corrected chi connectivity index (χ3v) is 4.24. The van der Waals surface area contributed by atoms with Crippen molar-refractivity contribution < 1.29 is 9.47 Å². The third kappa shape index (κ3) is 4.18. The van der Waals surface area contributed by atoms with E-state index in [0.29, 0.717) is 13.2 Å². The Morgan fingerprint density at radius 1 is 0.731 bits per heavy atom. The predicted molar refractivity (Wildman–Crippen MR) is 98.9 cm³/mol. The van der Waals surface area contributed by atoms with Crippen molar-refractivity contribution in [1.82, 2.24) is 14.9 Å². The molecular formula is C21H21N3O2. The van der Waals surface area contributed by atoms with Crippen LogP contribution in [0.4, 0.5) is 0 Å².